The first-order valence-corrected chi connectivity index (χ1v) is 13.1. The number of aromatic nitrogens is 2. The lowest BCUT2D eigenvalue weighted by molar-refractivity contribution is 0.194. The summed E-state index contributed by atoms with van der Waals surface area (Å²) in [7, 11) is -4.11. The summed E-state index contributed by atoms with van der Waals surface area (Å²) in [4.78, 5) is -0.376. The topological polar surface area (TPSA) is 75.4 Å². The first kappa shape index (κ1) is 23.8. The van der Waals surface area contributed by atoms with Gasteiger partial charge in [0.05, 0.1) is 24.2 Å². The molecule has 5 rings (SSSR count). The van der Waals surface area contributed by atoms with Crippen molar-refractivity contribution in [3.8, 4) is 5.69 Å². The molecule has 0 bridgehead atoms. The highest BCUT2D eigenvalue weighted by molar-refractivity contribution is 7.89. The van der Waals surface area contributed by atoms with Crippen LogP contribution in [-0.2, 0) is 16.4 Å². The summed E-state index contributed by atoms with van der Waals surface area (Å²) in [5.41, 5.74) is 3.69. The van der Waals surface area contributed by atoms with Crippen LogP contribution in [0, 0.1) is 23.0 Å². The predicted molar refractivity (Wildman–Crippen MR) is 128 cm³/mol. The molecule has 0 amide bonds. The Morgan fingerprint density at radius 3 is 2.63 bits per heavy atom. The van der Waals surface area contributed by atoms with Crippen molar-refractivity contribution in [2.75, 3.05) is 19.7 Å². The molecule has 35 heavy (non-hydrogen) atoms. The molecular weight excluding hydrogens is 472 g/mol. The van der Waals surface area contributed by atoms with E-state index in [-0.39, 0.29) is 41.7 Å². The zero-order valence-corrected chi connectivity index (χ0v) is 20.2. The quantitative estimate of drug-likeness (QED) is 0.529. The van der Waals surface area contributed by atoms with Crippen molar-refractivity contribution in [1.82, 2.24) is 14.1 Å². The Hall–Kier alpha value is -2.88. The Morgan fingerprint density at radius 2 is 1.91 bits per heavy atom. The summed E-state index contributed by atoms with van der Waals surface area (Å²) in [6, 6.07) is 11.5. The third-order valence-electron chi connectivity index (χ3n) is 7.45. The van der Waals surface area contributed by atoms with E-state index in [1.165, 1.54) is 40.2 Å². The average molecular weight is 500 g/mol. The Bertz CT molecular complexity index is 1390. The van der Waals surface area contributed by atoms with E-state index in [2.05, 4.69) is 18.1 Å². The largest absolute Gasteiger partial charge is 0.395 e. The van der Waals surface area contributed by atoms with Crippen LogP contribution in [0.2, 0.25) is 0 Å². The number of aliphatic hydroxyl groups is 1. The number of nitrogens with zero attached hydrogens (tertiary/aromatic N) is 3. The van der Waals surface area contributed by atoms with Crippen molar-refractivity contribution < 1.29 is 22.3 Å². The molecule has 0 unspecified atom stereocenters. The van der Waals surface area contributed by atoms with Gasteiger partial charge < -0.3 is 5.11 Å². The lowest BCUT2D eigenvalue weighted by atomic mass is 9.70. The Balaban J connectivity index is 1.44. The maximum absolute atomic E-state index is 14.4. The predicted octanol–water partition coefficient (Wildman–Crippen LogP) is 4.19. The molecule has 1 aromatic heterocycles. The molecular formula is C26H27F2N3O3S. The summed E-state index contributed by atoms with van der Waals surface area (Å²) in [6.45, 7) is 1.87. The van der Waals surface area contributed by atoms with Gasteiger partial charge in [0.15, 0.2) is 0 Å². The molecule has 0 aliphatic heterocycles. The SMILES string of the molecule is C[C@]12Cc3cnn(-c4ccc(F)cc4)c3C=C1CC[C@@H]2CN(CCO)S(=O)(=O)c1ccccc1F. The number of benzene rings is 2. The summed E-state index contributed by atoms with van der Waals surface area (Å²) in [6.07, 6.45) is 6.21. The van der Waals surface area contributed by atoms with Crippen LogP contribution >= 0.6 is 0 Å². The van der Waals surface area contributed by atoms with Crippen molar-refractivity contribution in [2.24, 2.45) is 11.3 Å². The van der Waals surface area contributed by atoms with Crippen LogP contribution < -0.4 is 0 Å². The van der Waals surface area contributed by atoms with E-state index < -0.39 is 15.8 Å². The number of fused-ring (bicyclic) bond motifs is 2. The van der Waals surface area contributed by atoms with E-state index in [9.17, 15) is 22.3 Å². The molecule has 2 aromatic carbocycles. The fraction of sp³-hybridized carbons (Fsp3) is 0.346. The van der Waals surface area contributed by atoms with E-state index in [0.29, 0.717) is 6.42 Å². The average Bonchev–Trinajstić information content (AvgIpc) is 3.37. The lowest BCUT2D eigenvalue weighted by Gasteiger charge is -2.38. The van der Waals surface area contributed by atoms with Gasteiger partial charge in [0.25, 0.3) is 0 Å². The summed E-state index contributed by atoms with van der Waals surface area (Å²) in [5, 5.41) is 14.1. The minimum Gasteiger partial charge on any atom is -0.395 e. The Labute approximate surface area is 203 Å². The van der Waals surface area contributed by atoms with E-state index in [1.807, 2.05) is 6.20 Å². The first-order chi connectivity index (χ1) is 16.7. The molecule has 2 atom stereocenters. The molecule has 184 valence electrons. The van der Waals surface area contributed by atoms with Gasteiger partial charge in [-0.2, -0.15) is 9.40 Å². The van der Waals surface area contributed by atoms with Gasteiger partial charge in [-0.1, -0.05) is 24.6 Å². The number of hydrogen-bond donors (Lipinski definition) is 1. The van der Waals surface area contributed by atoms with Gasteiger partial charge in [0.1, 0.15) is 16.5 Å². The molecule has 0 radical (unpaired) electrons. The minimum absolute atomic E-state index is 0.0100. The van der Waals surface area contributed by atoms with Crippen LogP contribution in [0.4, 0.5) is 8.78 Å². The van der Waals surface area contributed by atoms with E-state index in [0.717, 1.165) is 35.9 Å². The zero-order chi connectivity index (χ0) is 24.8. The molecule has 1 saturated carbocycles. The van der Waals surface area contributed by atoms with Gasteiger partial charge in [-0.25, -0.2) is 21.9 Å². The summed E-state index contributed by atoms with van der Waals surface area (Å²) >= 11 is 0. The standard InChI is InChI=1S/C26H27F2N3O3S/c1-26-15-18-16-29-31(22-10-8-21(27)9-11-22)24(18)14-19(26)6-7-20(26)17-30(12-13-32)35(33,34)25-5-3-2-4-23(25)28/h2-5,8-11,14,16,20,32H,6-7,12-13,15,17H2,1H3/t20-,26+/m1/s1. The lowest BCUT2D eigenvalue weighted by Crippen LogP contribution is -2.42. The van der Waals surface area contributed by atoms with Crippen LogP contribution in [0.25, 0.3) is 11.8 Å². The van der Waals surface area contributed by atoms with Gasteiger partial charge in [0.2, 0.25) is 10.0 Å². The van der Waals surface area contributed by atoms with Crippen LogP contribution in [0.3, 0.4) is 0 Å². The minimum atomic E-state index is -4.11. The highest BCUT2D eigenvalue weighted by Crippen LogP contribution is 2.53. The van der Waals surface area contributed by atoms with Crippen molar-refractivity contribution in [1.29, 1.82) is 0 Å². The molecule has 0 saturated heterocycles. The number of sulfonamides is 1. The van der Waals surface area contributed by atoms with Crippen molar-refractivity contribution in [2.45, 2.75) is 31.1 Å². The normalized spacial score (nSPS) is 21.6. The molecule has 9 heteroatoms. The van der Waals surface area contributed by atoms with Crippen LogP contribution in [0.5, 0.6) is 0 Å². The highest BCUT2D eigenvalue weighted by Gasteiger charge is 2.47. The van der Waals surface area contributed by atoms with Gasteiger partial charge in [-0.3, -0.25) is 0 Å². The first-order valence-electron chi connectivity index (χ1n) is 11.6. The van der Waals surface area contributed by atoms with Crippen LogP contribution in [-0.4, -0.2) is 47.3 Å². The van der Waals surface area contributed by atoms with E-state index in [1.54, 1.807) is 16.8 Å². The number of aliphatic hydroxyl groups excluding tert-OH is 1. The molecule has 1 heterocycles. The van der Waals surface area contributed by atoms with Gasteiger partial charge >= 0.3 is 0 Å². The smallest absolute Gasteiger partial charge is 0.246 e. The third kappa shape index (κ3) is 4.11. The third-order valence-corrected chi connectivity index (χ3v) is 9.35. The number of hydrogen-bond acceptors (Lipinski definition) is 4. The Morgan fingerprint density at radius 1 is 1.17 bits per heavy atom. The van der Waals surface area contributed by atoms with Crippen molar-refractivity contribution in [3.63, 3.8) is 0 Å². The number of halogens is 2. The molecule has 3 aromatic rings. The highest BCUT2D eigenvalue weighted by atomic mass is 32.2. The second-order valence-corrected chi connectivity index (χ2v) is 11.4. The second kappa shape index (κ2) is 8.96. The van der Waals surface area contributed by atoms with Crippen molar-refractivity contribution in [3.05, 3.63) is 83.2 Å². The van der Waals surface area contributed by atoms with Gasteiger partial charge in [-0.05, 0) is 78.6 Å². The number of rotatable bonds is 7. The monoisotopic (exact) mass is 499 g/mol. The second-order valence-electron chi connectivity index (χ2n) is 9.46. The maximum atomic E-state index is 14.4. The van der Waals surface area contributed by atoms with E-state index in [4.69, 9.17) is 0 Å². The Kier molecular flexibility index (Phi) is 6.11. The summed E-state index contributed by atoms with van der Waals surface area (Å²) < 4.78 is 57.4. The molecule has 2 aliphatic carbocycles. The van der Waals surface area contributed by atoms with Crippen LogP contribution in [0.15, 0.2) is 65.2 Å². The van der Waals surface area contributed by atoms with Crippen molar-refractivity contribution >= 4 is 16.1 Å². The molecule has 1 fully saturated rings. The van der Waals surface area contributed by atoms with Crippen LogP contribution in [0.1, 0.15) is 31.0 Å². The number of allylic oxidation sites excluding steroid dienone is 1. The van der Waals surface area contributed by atoms with E-state index >= 15 is 0 Å². The zero-order valence-electron chi connectivity index (χ0n) is 19.4. The summed E-state index contributed by atoms with van der Waals surface area (Å²) in [5.74, 6) is -1.12. The molecule has 1 N–H and O–H groups in total. The molecule has 2 aliphatic rings. The van der Waals surface area contributed by atoms with Gasteiger partial charge in [-0.15, -0.1) is 0 Å². The molecule has 6 nitrogen and oxygen atoms in total. The fourth-order valence-electron chi connectivity index (χ4n) is 5.47. The fourth-order valence-corrected chi connectivity index (χ4v) is 7.02. The molecule has 0 spiro atoms. The maximum Gasteiger partial charge on any atom is 0.246 e. The van der Waals surface area contributed by atoms with Gasteiger partial charge in [0, 0.05) is 13.1 Å².